The molecular weight excluding hydrogens is 464 g/mol. The molecule has 0 N–H and O–H groups in total. The zero-order valence-corrected chi connectivity index (χ0v) is 22.2. The summed E-state index contributed by atoms with van der Waals surface area (Å²) in [5.74, 6) is 1.59. The lowest BCUT2D eigenvalue weighted by Gasteiger charge is -2.25. The summed E-state index contributed by atoms with van der Waals surface area (Å²) < 4.78 is 13.2. The molecule has 1 amide bonds. The molecule has 0 atom stereocenters. The molecule has 4 aromatic rings. The van der Waals surface area contributed by atoms with Gasteiger partial charge in [-0.25, -0.2) is 4.98 Å². The van der Waals surface area contributed by atoms with Crippen LogP contribution in [-0.4, -0.2) is 45.8 Å². The summed E-state index contributed by atoms with van der Waals surface area (Å²) in [5.41, 5.74) is 6.76. The number of pyridine rings is 1. The van der Waals surface area contributed by atoms with Crippen LogP contribution in [0.3, 0.4) is 0 Å². The smallest absolute Gasteiger partial charge is 0.224 e. The summed E-state index contributed by atoms with van der Waals surface area (Å²) in [4.78, 5) is 20.7. The number of aryl methyl sites for hydroxylation is 4. The molecule has 1 fully saturated rings. The highest BCUT2D eigenvalue weighted by atomic mass is 16.5. The first-order valence-corrected chi connectivity index (χ1v) is 12.8. The van der Waals surface area contributed by atoms with Crippen molar-refractivity contribution in [1.82, 2.24) is 19.7 Å². The third-order valence-corrected chi connectivity index (χ3v) is 7.08. The normalized spacial score (nSPS) is 13.1. The minimum absolute atomic E-state index is 0.142. The lowest BCUT2D eigenvalue weighted by atomic mass is 10.00. The first kappa shape index (κ1) is 24.8. The Kier molecular flexibility index (Phi) is 6.87. The van der Waals surface area contributed by atoms with Crippen molar-refractivity contribution in [3.63, 3.8) is 0 Å². The molecule has 5 rings (SSSR count). The third kappa shape index (κ3) is 5.17. The Morgan fingerprint density at radius 1 is 1.05 bits per heavy atom. The highest BCUT2D eigenvalue weighted by molar-refractivity contribution is 5.87. The van der Waals surface area contributed by atoms with Gasteiger partial charge in [0.2, 0.25) is 5.91 Å². The Bertz CT molecular complexity index is 1450. The van der Waals surface area contributed by atoms with Crippen molar-refractivity contribution in [1.29, 1.82) is 0 Å². The summed E-state index contributed by atoms with van der Waals surface area (Å²) in [6.45, 7) is 7.14. The van der Waals surface area contributed by atoms with Gasteiger partial charge in [-0.2, -0.15) is 5.10 Å². The number of carbonyl (C=O) groups excluding carboxylic acids is 1. The third-order valence-electron chi connectivity index (χ3n) is 7.08. The van der Waals surface area contributed by atoms with Crippen LogP contribution in [0.15, 0.2) is 48.5 Å². The fraction of sp³-hybridized carbons (Fsp3) is 0.367. The number of carbonyl (C=O) groups is 1. The van der Waals surface area contributed by atoms with Crippen molar-refractivity contribution >= 4 is 16.8 Å². The van der Waals surface area contributed by atoms with Gasteiger partial charge >= 0.3 is 0 Å². The van der Waals surface area contributed by atoms with Crippen molar-refractivity contribution in [2.24, 2.45) is 0 Å². The lowest BCUT2D eigenvalue weighted by Crippen LogP contribution is -2.33. The largest absolute Gasteiger partial charge is 0.497 e. The average molecular weight is 499 g/mol. The number of aromatic nitrogens is 3. The summed E-state index contributed by atoms with van der Waals surface area (Å²) in [6, 6.07) is 16.4. The predicted octanol–water partition coefficient (Wildman–Crippen LogP) is 5.62. The zero-order chi connectivity index (χ0) is 26.1. The van der Waals surface area contributed by atoms with Crippen molar-refractivity contribution in [3.8, 4) is 22.8 Å². The molecule has 0 spiro atoms. The number of fused-ring (bicyclic) bond motifs is 1. The molecule has 2 aromatic heterocycles. The van der Waals surface area contributed by atoms with Gasteiger partial charge in [0, 0.05) is 42.2 Å². The van der Waals surface area contributed by atoms with E-state index in [-0.39, 0.29) is 11.9 Å². The Morgan fingerprint density at radius 3 is 2.54 bits per heavy atom. The molecule has 2 heterocycles. The Morgan fingerprint density at radius 2 is 1.86 bits per heavy atom. The van der Waals surface area contributed by atoms with Crippen molar-refractivity contribution in [2.75, 3.05) is 14.2 Å². The van der Waals surface area contributed by atoms with Crippen LogP contribution in [0, 0.1) is 20.8 Å². The monoisotopic (exact) mass is 498 g/mol. The molecule has 1 aliphatic rings. The molecule has 2 aromatic carbocycles. The van der Waals surface area contributed by atoms with Crippen molar-refractivity contribution in [2.45, 2.75) is 59.2 Å². The minimum atomic E-state index is 0.142. The molecule has 192 valence electrons. The van der Waals surface area contributed by atoms with Gasteiger partial charge < -0.3 is 14.4 Å². The Balaban J connectivity index is 1.53. The minimum Gasteiger partial charge on any atom is -0.497 e. The second-order valence-electron chi connectivity index (χ2n) is 9.86. The highest BCUT2D eigenvalue weighted by Crippen LogP contribution is 2.38. The van der Waals surface area contributed by atoms with Gasteiger partial charge in [0.1, 0.15) is 11.5 Å². The number of ether oxygens (including phenoxy) is 2. The quantitative estimate of drug-likeness (QED) is 0.299. The average Bonchev–Trinajstić information content (AvgIpc) is 3.68. The molecule has 0 saturated heterocycles. The molecule has 37 heavy (non-hydrogen) atoms. The number of para-hydroxylation sites is 1. The molecule has 0 unspecified atom stereocenters. The fourth-order valence-corrected chi connectivity index (χ4v) is 4.98. The predicted molar refractivity (Wildman–Crippen MR) is 145 cm³/mol. The van der Waals surface area contributed by atoms with E-state index < -0.39 is 0 Å². The van der Waals surface area contributed by atoms with Crippen LogP contribution in [0.25, 0.3) is 22.2 Å². The van der Waals surface area contributed by atoms with Crippen LogP contribution in [-0.2, 0) is 17.9 Å². The second kappa shape index (κ2) is 10.2. The fourth-order valence-electron chi connectivity index (χ4n) is 4.98. The molecule has 0 aliphatic heterocycles. The van der Waals surface area contributed by atoms with Crippen LogP contribution in [0.5, 0.6) is 11.5 Å². The number of amides is 1. The molecule has 0 radical (unpaired) electrons. The Hall–Kier alpha value is -3.87. The van der Waals surface area contributed by atoms with E-state index in [0.717, 1.165) is 69.0 Å². The molecule has 1 saturated carbocycles. The summed E-state index contributed by atoms with van der Waals surface area (Å²) in [7, 11) is 3.32. The van der Waals surface area contributed by atoms with Crippen LogP contribution >= 0.6 is 0 Å². The van der Waals surface area contributed by atoms with Gasteiger partial charge in [0.05, 0.1) is 31.1 Å². The van der Waals surface area contributed by atoms with E-state index in [1.165, 1.54) is 0 Å². The van der Waals surface area contributed by atoms with Crippen molar-refractivity contribution in [3.05, 3.63) is 71.0 Å². The van der Waals surface area contributed by atoms with Gasteiger partial charge in [0.25, 0.3) is 0 Å². The van der Waals surface area contributed by atoms with E-state index in [2.05, 4.69) is 30.2 Å². The maximum atomic E-state index is 13.5. The number of rotatable bonds is 9. The zero-order valence-electron chi connectivity index (χ0n) is 22.2. The van der Waals surface area contributed by atoms with Gasteiger partial charge in [-0.3, -0.25) is 9.48 Å². The standard InChI is InChI=1S/C30H34N4O3/c1-19-7-6-8-22-16-23(30(31-29(19)22)26-17-25(36-4)11-12-27(26)37-5)18-33(24-9-10-24)28(35)13-14-34-21(3)15-20(2)32-34/h6-8,11-12,15-17,24H,9-10,13-14,18H2,1-5H3. The SMILES string of the molecule is COc1ccc(OC)c(-c2nc3c(C)cccc3cc2CN(C(=O)CCn2nc(C)cc2C)C2CC2)c1. The van der Waals surface area contributed by atoms with Crippen LogP contribution in [0.4, 0.5) is 0 Å². The van der Waals surface area contributed by atoms with Crippen molar-refractivity contribution < 1.29 is 14.3 Å². The second-order valence-corrected chi connectivity index (χ2v) is 9.86. The van der Waals surface area contributed by atoms with E-state index in [4.69, 9.17) is 14.5 Å². The number of methoxy groups -OCH3 is 2. The molecule has 7 heteroatoms. The first-order chi connectivity index (χ1) is 17.9. The van der Waals surface area contributed by atoms with Crippen LogP contribution in [0.1, 0.15) is 41.8 Å². The lowest BCUT2D eigenvalue weighted by molar-refractivity contribution is -0.132. The van der Waals surface area contributed by atoms with E-state index in [9.17, 15) is 4.79 Å². The van der Waals surface area contributed by atoms with Gasteiger partial charge in [-0.15, -0.1) is 0 Å². The molecular formula is C30H34N4O3. The summed E-state index contributed by atoms with van der Waals surface area (Å²) in [6.07, 6.45) is 2.48. The van der Waals surface area contributed by atoms with E-state index >= 15 is 0 Å². The van der Waals surface area contributed by atoms with Crippen LogP contribution < -0.4 is 9.47 Å². The maximum absolute atomic E-state index is 13.5. The first-order valence-electron chi connectivity index (χ1n) is 12.8. The molecule has 0 bridgehead atoms. The van der Waals surface area contributed by atoms with E-state index in [1.807, 2.05) is 53.8 Å². The van der Waals surface area contributed by atoms with Gasteiger partial charge in [-0.1, -0.05) is 18.2 Å². The van der Waals surface area contributed by atoms with E-state index in [1.54, 1.807) is 14.2 Å². The number of benzene rings is 2. The highest BCUT2D eigenvalue weighted by Gasteiger charge is 2.33. The number of hydrogen-bond acceptors (Lipinski definition) is 5. The number of hydrogen-bond donors (Lipinski definition) is 0. The topological polar surface area (TPSA) is 69.5 Å². The Labute approximate surface area is 218 Å². The van der Waals surface area contributed by atoms with Gasteiger partial charge in [0.15, 0.2) is 0 Å². The molecule has 7 nitrogen and oxygen atoms in total. The molecule has 1 aliphatic carbocycles. The van der Waals surface area contributed by atoms with Crippen LogP contribution in [0.2, 0.25) is 0 Å². The number of nitrogens with zero attached hydrogens (tertiary/aromatic N) is 4. The summed E-state index contributed by atoms with van der Waals surface area (Å²) in [5, 5.41) is 5.59. The van der Waals surface area contributed by atoms with E-state index in [0.29, 0.717) is 19.5 Å². The summed E-state index contributed by atoms with van der Waals surface area (Å²) >= 11 is 0. The maximum Gasteiger partial charge on any atom is 0.224 e. The van der Waals surface area contributed by atoms with Gasteiger partial charge in [-0.05, 0) is 75.1 Å².